The molecule has 1 aliphatic rings. The lowest BCUT2D eigenvalue weighted by Crippen LogP contribution is -2.18. The Morgan fingerprint density at radius 2 is 2.14 bits per heavy atom. The molecule has 2 rings (SSSR count). The molecule has 4 heteroatoms. The molecule has 0 saturated carbocycles. The predicted octanol–water partition coefficient (Wildman–Crippen LogP) is 0.965. The highest BCUT2D eigenvalue weighted by Crippen LogP contribution is 2.11. The Balaban J connectivity index is 1.80. The van der Waals surface area contributed by atoms with Crippen LogP contribution in [-0.4, -0.2) is 25.5 Å². The summed E-state index contributed by atoms with van der Waals surface area (Å²) in [7, 11) is 0. The highest BCUT2D eigenvalue weighted by atomic mass is 16.8. The number of ether oxygens (including phenoxy) is 3. The monoisotopic (exact) mass is 194 g/mol. The van der Waals surface area contributed by atoms with E-state index in [0.717, 1.165) is 5.75 Å². The molecule has 1 aromatic rings. The van der Waals surface area contributed by atoms with E-state index in [-0.39, 0.29) is 19.2 Å². The second-order valence-corrected chi connectivity index (χ2v) is 2.85. The van der Waals surface area contributed by atoms with Crippen molar-refractivity contribution in [2.24, 2.45) is 0 Å². The molecule has 1 heterocycles. The van der Waals surface area contributed by atoms with Gasteiger partial charge in [-0.05, 0) is 12.1 Å². The van der Waals surface area contributed by atoms with Crippen molar-refractivity contribution in [1.29, 1.82) is 0 Å². The van der Waals surface area contributed by atoms with Crippen LogP contribution in [0.15, 0.2) is 30.3 Å². The lowest BCUT2D eigenvalue weighted by atomic mass is 10.3. The van der Waals surface area contributed by atoms with E-state index < -0.39 is 6.29 Å². The fraction of sp³-hybridized carbons (Fsp3) is 0.300. The summed E-state index contributed by atoms with van der Waals surface area (Å²) in [5.74, 6) is 0.394. The van der Waals surface area contributed by atoms with E-state index in [1.165, 1.54) is 0 Å². The number of hydrogen-bond acceptors (Lipinski definition) is 4. The van der Waals surface area contributed by atoms with E-state index >= 15 is 0 Å². The summed E-state index contributed by atoms with van der Waals surface area (Å²) in [5, 5.41) is 0. The molecule has 1 saturated heterocycles. The van der Waals surface area contributed by atoms with Gasteiger partial charge < -0.3 is 14.2 Å². The first kappa shape index (κ1) is 9.02. The zero-order valence-corrected chi connectivity index (χ0v) is 7.51. The van der Waals surface area contributed by atoms with Crippen molar-refractivity contribution in [3.8, 4) is 5.75 Å². The zero-order chi connectivity index (χ0) is 9.80. The topological polar surface area (TPSA) is 44.8 Å². The predicted molar refractivity (Wildman–Crippen MR) is 47.8 cm³/mol. The van der Waals surface area contributed by atoms with Gasteiger partial charge in [0.1, 0.15) is 12.4 Å². The molecular weight excluding hydrogens is 184 g/mol. The van der Waals surface area contributed by atoms with Gasteiger partial charge in [0, 0.05) is 0 Å². The van der Waals surface area contributed by atoms with E-state index in [4.69, 9.17) is 14.2 Å². The molecule has 1 aliphatic heterocycles. The Morgan fingerprint density at radius 1 is 1.36 bits per heavy atom. The minimum absolute atomic E-state index is 0.0167. The maximum Gasteiger partial charge on any atom is 0.334 e. The summed E-state index contributed by atoms with van der Waals surface area (Å²) in [5.41, 5.74) is 0. The van der Waals surface area contributed by atoms with Gasteiger partial charge in [-0.3, -0.25) is 0 Å². The van der Waals surface area contributed by atoms with Crippen molar-refractivity contribution >= 4 is 5.97 Å². The highest BCUT2D eigenvalue weighted by molar-refractivity contribution is 5.72. The molecule has 0 N–H and O–H groups in total. The molecule has 0 aromatic heterocycles. The smallest absolute Gasteiger partial charge is 0.334 e. The number of benzene rings is 1. The Labute approximate surface area is 81.4 Å². The molecule has 0 bridgehead atoms. The van der Waals surface area contributed by atoms with Crippen LogP contribution in [-0.2, 0) is 14.3 Å². The van der Waals surface area contributed by atoms with Crippen LogP contribution in [0.1, 0.15) is 0 Å². The van der Waals surface area contributed by atoms with Gasteiger partial charge in [-0.2, -0.15) is 0 Å². The molecule has 1 unspecified atom stereocenters. The Morgan fingerprint density at radius 3 is 2.79 bits per heavy atom. The molecular formula is C10H10O4. The second kappa shape index (κ2) is 4.11. The van der Waals surface area contributed by atoms with Gasteiger partial charge in [0.2, 0.25) is 6.29 Å². The molecule has 0 radical (unpaired) electrons. The first-order chi connectivity index (χ1) is 6.84. The van der Waals surface area contributed by atoms with Crippen LogP contribution >= 0.6 is 0 Å². The van der Waals surface area contributed by atoms with Gasteiger partial charge in [0.15, 0.2) is 6.61 Å². The fourth-order valence-corrected chi connectivity index (χ4v) is 1.14. The molecule has 0 aliphatic carbocycles. The van der Waals surface area contributed by atoms with Crippen LogP contribution in [0.4, 0.5) is 0 Å². The van der Waals surface area contributed by atoms with E-state index in [1.54, 1.807) is 0 Å². The lowest BCUT2D eigenvalue weighted by molar-refractivity contribution is -0.145. The number of para-hydroxylation sites is 1. The maximum absolute atomic E-state index is 10.7. The molecule has 0 spiro atoms. The second-order valence-electron chi connectivity index (χ2n) is 2.85. The van der Waals surface area contributed by atoms with Crippen LogP contribution in [0.2, 0.25) is 0 Å². The average Bonchev–Trinajstić information content (AvgIpc) is 2.63. The Bertz CT molecular complexity index is 309. The van der Waals surface area contributed by atoms with Crippen molar-refractivity contribution in [1.82, 2.24) is 0 Å². The minimum atomic E-state index is -0.567. The average molecular weight is 194 g/mol. The van der Waals surface area contributed by atoms with Crippen molar-refractivity contribution in [2.75, 3.05) is 13.2 Å². The lowest BCUT2D eigenvalue weighted by Gasteiger charge is -2.09. The van der Waals surface area contributed by atoms with Crippen molar-refractivity contribution in [3.05, 3.63) is 30.3 Å². The first-order valence-corrected chi connectivity index (χ1v) is 4.33. The number of carbonyl (C=O) groups is 1. The van der Waals surface area contributed by atoms with Gasteiger partial charge in [-0.1, -0.05) is 18.2 Å². The summed E-state index contributed by atoms with van der Waals surface area (Å²) in [6, 6.07) is 9.31. The largest absolute Gasteiger partial charge is 0.487 e. The van der Waals surface area contributed by atoms with Gasteiger partial charge in [0.05, 0.1) is 0 Å². The third kappa shape index (κ3) is 2.23. The third-order valence-electron chi connectivity index (χ3n) is 1.78. The van der Waals surface area contributed by atoms with Crippen LogP contribution in [0.3, 0.4) is 0 Å². The van der Waals surface area contributed by atoms with E-state index in [0.29, 0.717) is 0 Å². The summed E-state index contributed by atoms with van der Waals surface area (Å²) in [6.45, 7) is 0.249. The summed E-state index contributed by atoms with van der Waals surface area (Å²) < 4.78 is 15.1. The fourth-order valence-electron chi connectivity index (χ4n) is 1.14. The quantitative estimate of drug-likeness (QED) is 0.672. The molecule has 1 atom stereocenters. The number of esters is 1. The summed E-state index contributed by atoms with van der Waals surface area (Å²) >= 11 is 0. The van der Waals surface area contributed by atoms with Crippen molar-refractivity contribution in [2.45, 2.75) is 6.29 Å². The van der Waals surface area contributed by atoms with Gasteiger partial charge in [0.25, 0.3) is 0 Å². The Hall–Kier alpha value is -1.55. The zero-order valence-electron chi connectivity index (χ0n) is 7.51. The van der Waals surface area contributed by atoms with Gasteiger partial charge in [-0.25, -0.2) is 4.79 Å². The van der Waals surface area contributed by atoms with Gasteiger partial charge in [-0.15, -0.1) is 0 Å². The number of carbonyl (C=O) groups excluding carboxylic acids is 1. The SMILES string of the molecule is O=C1COC(COc2ccccc2)O1. The van der Waals surface area contributed by atoms with Crippen LogP contribution < -0.4 is 4.74 Å². The molecule has 4 nitrogen and oxygen atoms in total. The summed E-state index contributed by atoms with van der Waals surface area (Å²) in [4.78, 5) is 10.7. The molecule has 1 fully saturated rings. The molecule has 1 aromatic carbocycles. The minimum Gasteiger partial charge on any atom is -0.487 e. The highest BCUT2D eigenvalue weighted by Gasteiger charge is 2.24. The van der Waals surface area contributed by atoms with E-state index in [1.807, 2.05) is 30.3 Å². The van der Waals surface area contributed by atoms with Crippen LogP contribution in [0, 0.1) is 0 Å². The molecule has 74 valence electrons. The first-order valence-electron chi connectivity index (χ1n) is 4.33. The van der Waals surface area contributed by atoms with E-state index in [9.17, 15) is 4.79 Å². The van der Waals surface area contributed by atoms with E-state index in [2.05, 4.69) is 0 Å². The maximum atomic E-state index is 10.7. The summed E-state index contributed by atoms with van der Waals surface area (Å²) in [6.07, 6.45) is -0.567. The van der Waals surface area contributed by atoms with Crippen LogP contribution in [0.5, 0.6) is 5.75 Å². The van der Waals surface area contributed by atoms with Crippen LogP contribution in [0.25, 0.3) is 0 Å². The number of cyclic esters (lactones) is 1. The van der Waals surface area contributed by atoms with Gasteiger partial charge >= 0.3 is 5.97 Å². The molecule has 14 heavy (non-hydrogen) atoms. The molecule has 0 amide bonds. The van der Waals surface area contributed by atoms with Crippen molar-refractivity contribution in [3.63, 3.8) is 0 Å². The van der Waals surface area contributed by atoms with Crippen molar-refractivity contribution < 1.29 is 19.0 Å². The normalized spacial score (nSPS) is 20.6. The number of rotatable bonds is 3. The number of hydrogen-bond donors (Lipinski definition) is 0. The standard InChI is InChI=1S/C10H10O4/c11-9-6-13-10(14-9)7-12-8-4-2-1-3-5-8/h1-5,10H,6-7H2. The third-order valence-corrected chi connectivity index (χ3v) is 1.78. The Kier molecular flexibility index (Phi) is 2.65.